The lowest BCUT2D eigenvalue weighted by atomic mass is 9.92. The number of aliphatic hydroxyl groups is 1. The van der Waals surface area contributed by atoms with Crippen LogP contribution in [0.4, 0.5) is 0 Å². The summed E-state index contributed by atoms with van der Waals surface area (Å²) < 4.78 is 0. The van der Waals surface area contributed by atoms with Crippen LogP contribution in [0.2, 0.25) is 0 Å². The monoisotopic (exact) mass is 207 g/mol. The molecule has 0 saturated heterocycles. The van der Waals surface area contributed by atoms with E-state index in [1.54, 1.807) is 0 Å². The number of benzene rings is 1. The van der Waals surface area contributed by atoms with E-state index >= 15 is 0 Å². The summed E-state index contributed by atoms with van der Waals surface area (Å²) in [5.41, 5.74) is 7.47. The molecule has 0 aromatic heterocycles. The summed E-state index contributed by atoms with van der Waals surface area (Å²) >= 11 is 0. The molecule has 0 spiro atoms. The Kier molecular flexibility index (Phi) is 3.89. The zero-order valence-corrected chi connectivity index (χ0v) is 9.83. The van der Waals surface area contributed by atoms with Crippen LogP contribution in [0.15, 0.2) is 24.3 Å². The zero-order valence-electron chi connectivity index (χ0n) is 9.83. The molecule has 15 heavy (non-hydrogen) atoms. The first-order valence-corrected chi connectivity index (χ1v) is 5.51. The molecule has 0 amide bonds. The van der Waals surface area contributed by atoms with E-state index in [1.807, 2.05) is 26.0 Å². The van der Waals surface area contributed by atoms with Crippen LogP contribution in [-0.2, 0) is 6.42 Å². The largest absolute Gasteiger partial charge is 0.387 e. The maximum Gasteiger partial charge on any atom is 0.0963 e. The first kappa shape index (κ1) is 12.2. The summed E-state index contributed by atoms with van der Waals surface area (Å²) in [5, 5.41) is 9.95. The third-order valence-electron chi connectivity index (χ3n) is 2.54. The Bertz CT molecular complexity index is 297. The maximum absolute atomic E-state index is 9.95. The fourth-order valence-electron chi connectivity index (χ4n) is 1.58. The van der Waals surface area contributed by atoms with Crippen LogP contribution in [0.25, 0.3) is 0 Å². The molecule has 0 aliphatic carbocycles. The SMILES string of the molecule is CCCc1ccc(C(O)C(C)(C)N)cc1. The lowest BCUT2D eigenvalue weighted by Gasteiger charge is -2.26. The van der Waals surface area contributed by atoms with Crippen molar-refractivity contribution >= 4 is 0 Å². The third kappa shape index (κ3) is 3.33. The average molecular weight is 207 g/mol. The van der Waals surface area contributed by atoms with Gasteiger partial charge >= 0.3 is 0 Å². The minimum atomic E-state index is -0.604. The molecule has 2 nitrogen and oxygen atoms in total. The van der Waals surface area contributed by atoms with E-state index in [9.17, 15) is 5.11 Å². The summed E-state index contributed by atoms with van der Waals surface area (Å²) in [6.07, 6.45) is 1.63. The molecule has 0 bridgehead atoms. The molecule has 2 heteroatoms. The van der Waals surface area contributed by atoms with Gasteiger partial charge < -0.3 is 10.8 Å². The van der Waals surface area contributed by atoms with Gasteiger partial charge in [0.2, 0.25) is 0 Å². The molecule has 3 N–H and O–H groups in total. The van der Waals surface area contributed by atoms with Gasteiger partial charge in [-0.15, -0.1) is 0 Å². The van der Waals surface area contributed by atoms with Crippen LogP contribution in [0, 0.1) is 0 Å². The minimum Gasteiger partial charge on any atom is -0.387 e. The predicted molar refractivity (Wildman–Crippen MR) is 63.7 cm³/mol. The number of aryl methyl sites for hydroxylation is 1. The second kappa shape index (κ2) is 4.77. The lowest BCUT2D eigenvalue weighted by molar-refractivity contribution is 0.104. The van der Waals surface area contributed by atoms with Crippen molar-refractivity contribution in [2.45, 2.75) is 45.3 Å². The van der Waals surface area contributed by atoms with E-state index in [4.69, 9.17) is 5.73 Å². The Morgan fingerprint density at radius 1 is 1.27 bits per heavy atom. The number of rotatable bonds is 4. The van der Waals surface area contributed by atoms with Crippen molar-refractivity contribution in [3.05, 3.63) is 35.4 Å². The van der Waals surface area contributed by atoms with E-state index in [-0.39, 0.29) is 0 Å². The van der Waals surface area contributed by atoms with Crippen LogP contribution in [0.5, 0.6) is 0 Å². The molecule has 1 aromatic rings. The number of hydrogen-bond donors (Lipinski definition) is 2. The molecule has 1 aromatic carbocycles. The fourth-order valence-corrected chi connectivity index (χ4v) is 1.58. The van der Waals surface area contributed by atoms with E-state index in [1.165, 1.54) is 5.56 Å². The van der Waals surface area contributed by atoms with E-state index < -0.39 is 11.6 Å². The number of hydrogen-bond acceptors (Lipinski definition) is 2. The van der Waals surface area contributed by atoms with Crippen LogP contribution >= 0.6 is 0 Å². The van der Waals surface area contributed by atoms with E-state index in [0.717, 1.165) is 18.4 Å². The van der Waals surface area contributed by atoms with Crippen molar-refractivity contribution in [2.75, 3.05) is 0 Å². The highest BCUT2D eigenvalue weighted by atomic mass is 16.3. The van der Waals surface area contributed by atoms with Crippen molar-refractivity contribution in [3.8, 4) is 0 Å². The first-order valence-electron chi connectivity index (χ1n) is 5.51. The Balaban J connectivity index is 2.80. The highest BCUT2D eigenvalue weighted by Crippen LogP contribution is 2.23. The first-order chi connectivity index (χ1) is 6.95. The maximum atomic E-state index is 9.95. The predicted octanol–water partition coefficient (Wildman–Crippen LogP) is 2.41. The number of nitrogens with two attached hydrogens (primary N) is 1. The van der Waals surface area contributed by atoms with E-state index in [0.29, 0.717) is 0 Å². The molecule has 0 saturated carbocycles. The molecule has 1 unspecified atom stereocenters. The fraction of sp³-hybridized carbons (Fsp3) is 0.538. The van der Waals surface area contributed by atoms with Crippen molar-refractivity contribution in [1.82, 2.24) is 0 Å². The molecule has 0 aliphatic rings. The molecule has 0 aliphatic heterocycles. The third-order valence-corrected chi connectivity index (χ3v) is 2.54. The molecule has 0 fully saturated rings. The average Bonchev–Trinajstić information content (AvgIpc) is 2.17. The summed E-state index contributed by atoms with van der Waals surface area (Å²) in [4.78, 5) is 0. The summed E-state index contributed by atoms with van der Waals surface area (Å²) in [5.74, 6) is 0. The highest BCUT2D eigenvalue weighted by Gasteiger charge is 2.23. The molecule has 84 valence electrons. The Labute approximate surface area is 92.1 Å². The summed E-state index contributed by atoms with van der Waals surface area (Å²) in [6, 6.07) is 8.05. The van der Waals surface area contributed by atoms with Gasteiger partial charge in [0, 0.05) is 5.54 Å². The normalized spacial score (nSPS) is 13.9. The van der Waals surface area contributed by atoms with Gasteiger partial charge in [-0.3, -0.25) is 0 Å². The second-order valence-corrected chi connectivity index (χ2v) is 4.72. The van der Waals surface area contributed by atoms with Gasteiger partial charge in [-0.1, -0.05) is 37.6 Å². The van der Waals surface area contributed by atoms with Gasteiger partial charge in [0.15, 0.2) is 0 Å². The van der Waals surface area contributed by atoms with Crippen molar-refractivity contribution in [3.63, 3.8) is 0 Å². The Hall–Kier alpha value is -0.860. The van der Waals surface area contributed by atoms with Crippen molar-refractivity contribution in [1.29, 1.82) is 0 Å². The molecule has 0 radical (unpaired) electrons. The molecular formula is C13H21NO. The van der Waals surface area contributed by atoms with Crippen molar-refractivity contribution < 1.29 is 5.11 Å². The van der Waals surface area contributed by atoms with Gasteiger partial charge in [-0.05, 0) is 31.4 Å². The van der Waals surface area contributed by atoms with E-state index in [2.05, 4.69) is 19.1 Å². The van der Waals surface area contributed by atoms with Crippen molar-refractivity contribution in [2.24, 2.45) is 5.73 Å². The topological polar surface area (TPSA) is 46.2 Å². The molecule has 0 heterocycles. The smallest absolute Gasteiger partial charge is 0.0963 e. The molecule has 1 atom stereocenters. The van der Waals surface area contributed by atoms with Gasteiger partial charge in [0.05, 0.1) is 6.10 Å². The number of aliphatic hydroxyl groups excluding tert-OH is 1. The van der Waals surface area contributed by atoms with Gasteiger partial charge in [0.1, 0.15) is 0 Å². The lowest BCUT2D eigenvalue weighted by Crippen LogP contribution is -2.39. The van der Waals surface area contributed by atoms with Crippen LogP contribution in [0.1, 0.15) is 44.4 Å². The summed E-state index contributed by atoms with van der Waals surface area (Å²) in [6.45, 7) is 5.82. The van der Waals surface area contributed by atoms with Gasteiger partial charge in [-0.2, -0.15) is 0 Å². The van der Waals surface area contributed by atoms with Crippen LogP contribution in [-0.4, -0.2) is 10.6 Å². The molecule has 1 rings (SSSR count). The van der Waals surface area contributed by atoms with Crippen LogP contribution < -0.4 is 5.73 Å². The highest BCUT2D eigenvalue weighted by molar-refractivity contribution is 5.25. The van der Waals surface area contributed by atoms with Crippen LogP contribution in [0.3, 0.4) is 0 Å². The minimum absolute atomic E-state index is 0.591. The quantitative estimate of drug-likeness (QED) is 0.796. The summed E-state index contributed by atoms with van der Waals surface area (Å²) in [7, 11) is 0. The second-order valence-electron chi connectivity index (χ2n) is 4.72. The Morgan fingerprint density at radius 2 is 1.80 bits per heavy atom. The van der Waals surface area contributed by atoms with Gasteiger partial charge in [-0.25, -0.2) is 0 Å². The Morgan fingerprint density at radius 3 is 2.20 bits per heavy atom. The van der Waals surface area contributed by atoms with Gasteiger partial charge in [0.25, 0.3) is 0 Å². The standard InChI is InChI=1S/C13H21NO/c1-4-5-10-6-8-11(9-7-10)12(15)13(2,3)14/h6-9,12,15H,4-5,14H2,1-3H3. The molecular weight excluding hydrogens is 186 g/mol. The zero-order chi connectivity index (χ0) is 11.5.